The van der Waals surface area contributed by atoms with Gasteiger partial charge < -0.3 is 21.4 Å². The number of halogens is 2. The number of benzene rings is 2. The molecule has 1 aliphatic carbocycles. The van der Waals surface area contributed by atoms with Crippen LogP contribution in [0.2, 0.25) is 10.0 Å². The number of aromatic nitrogens is 3. The van der Waals surface area contributed by atoms with Crippen LogP contribution in [0.25, 0.3) is 11.0 Å². The van der Waals surface area contributed by atoms with E-state index >= 15 is 0 Å². The SMILES string of the molecule is NC1CCC(CCCc2ncc3cc(C(=O)Nc4cc(C(=O)NCc5cccc(Cl)c5)ccc4Cl)c(=O)[nH]c3n2)CC1. The van der Waals surface area contributed by atoms with Crippen LogP contribution in [-0.4, -0.2) is 32.8 Å². The third-order valence-corrected chi connectivity index (χ3v) is 8.18. The van der Waals surface area contributed by atoms with E-state index in [-0.39, 0.29) is 34.3 Å². The molecule has 218 valence electrons. The lowest BCUT2D eigenvalue weighted by molar-refractivity contribution is 0.0949. The van der Waals surface area contributed by atoms with Gasteiger partial charge >= 0.3 is 0 Å². The lowest BCUT2D eigenvalue weighted by Crippen LogP contribution is -2.26. The zero-order chi connectivity index (χ0) is 29.6. The van der Waals surface area contributed by atoms with Gasteiger partial charge in [-0.05, 0) is 80.0 Å². The van der Waals surface area contributed by atoms with E-state index in [2.05, 4.69) is 25.6 Å². The number of nitrogens with one attached hydrogen (secondary N) is 3. The van der Waals surface area contributed by atoms with Crippen molar-refractivity contribution in [3.8, 4) is 0 Å². The maximum absolute atomic E-state index is 13.1. The summed E-state index contributed by atoms with van der Waals surface area (Å²) in [4.78, 5) is 50.3. The summed E-state index contributed by atoms with van der Waals surface area (Å²) in [7, 11) is 0. The van der Waals surface area contributed by atoms with E-state index in [4.69, 9.17) is 28.9 Å². The van der Waals surface area contributed by atoms with Crippen LogP contribution < -0.4 is 21.9 Å². The van der Waals surface area contributed by atoms with Gasteiger partial charge in [-0.2, -0.15) is 0 Å². The van der Waals surface area contributed by atoms with Crippen LogP contribution in [0.5, 0.6) is 0 Å². The number of fused-ring (bicyclic) bond motifs is 1. The van der Waals surface area contributed by atoms with Crippen LogP contribution in [0.15, 0.2) is 59.5 Å². The van der Waals surface area contributed by atoms with E-state index < -0.39 is 11.5 Å². The van der Waals surface area contributed by atoms with Gasteiger partial charge in [-0.3, -0.25) is 14.4 Å². The second kappa shape index (κ2) is 13.5. The average Bonchev–Trinajstić information content (AvgIpc) is 2.97. The molecule has 0 bridgehead atoms. The Balaban J connectivity index is 1.23. The van der Waals surface area contributed by atoms with Crippen LogP contribution >= 0.6 is 23.2 Å². The van der Waals surface area contributed by atoms with Crippen LogP contribution in [-0.2, 0) is 13.0 Å². The Bertz CT molecular complexity index is 1670. The highest BCUT2D eigenvalue weighted by molar-refractivity contribution is 6.34. The lowest BCUT2D eigenvalue weighted by atomic mass is 9.83. The largest absolute Gasteiger partial charge is 0.348 e. The van der Waals surface area contributed by atoms with Gasteiger partial charge in [0, 0.05) is 41.2 Å². The summed E-state index contributed by atoms with van der Waals surface area (Å²) in [5.74, 6) is 0.318. The van der Waals surface area contributed by atoms with Gasteiger partial charge in [-0.1, -0.05) is 41.8 Å². The quantitative estimate of drug-likeness (QED) is 0.194. The molecular formula is C31H32Cl2N6O3. The van der Waals surface area contributed by atoms with E-state index in [1.54, 1.807) is 30.5 Å². The first kappa shape index (κ1) is 29.7. The Labute approximate surface area is 253 Å². The number of hydrogen-bond acceptors (Lipinski definition) is 6. The predicted octanol–water partition coefficient (Wildman–Crippen LogP) is 5.65. The summed E-state index contributed by atoms with van der Waals surface area (Å²) < 4.78 is 0. The Hall–Kier alpha value is -3.79. The molecule has 42 heavy (non-hydrogen) atoms. The number of rotatable bonds is 9. The van der Waals surface area contributed by atoms with Crippen molar-refractivity contribution < 1.29 is 9.59 Å². The smallest absolute Gasteiger partial charge is 0.262 e. The first-order valence-electron chi connectivity index (χ1n) is 14.0. The normalized spacial score (nSPS) is 16.7. The van der Waals surface area contributed by atoms with Crippen molar-refractivity contribution in [1.29, 1.82) is 0 Å². The first-order chi connectivity index (χ1) is 20.2. The van der Waals surface area contributed by atoms with Crippen molar-refractivity contribution in [1.82, 2.24) is 20.3 Å². The molecule has 1 fully saturated rings. The second-order valence-corrected chi connectivity index (χ2v) is 11.6. The number of hydrogen-bond donors (Lipinski definition) is 4. The van der Waals surface area contributed by atoms with Gasteiger partial charge in [0.05, 0.1) is 10.7 Å². The molecule has 0 saturated heterocycles. The molecule has 0 spiro atoms. The highest BCUT2D eigenvalue weighted by Gasteiger charge is 2.19. The number of pyridine rings is 1. The fourth-order valence-corrected chi connectivity index (χ4v) is 5.61. The highest BCUT2D eigenvalue weighted by Crippen LogP contribution is 2.27. The Morgan fingerprint density at radius 2 is 1.83 bits per heavy atom. The molecule has 1 saturated carbocycles. The standard InChI is InChI=1S/C31H32Cl2N6O3/c32-22-5-1-4-19(13-22)16-36-29(40)20-9-12-25(33)26(15-20)37-30(41)24-14-21-17-35-27(38-28(21)39-31(24)42)6-2-3-18-7-10-23(34)11-8-18/h1,4-5,9,12-15,17-18,23H,2-3,6-8,10-11,16,34H2,(H,36,40)(H,37,41)(H,35,38,39,42). The highest BCUT2D eigenvalue weighted by atomic mass is 35.5. The zero-order valence-corrected chi connectivity index (χ0v) is 24.5. The molecule has 0 aliphatic heterocycles. The number of aromatic amines is 1. The summed E-state index contributed by atoms with van der Waals surface area (Å²) >= 11 is 12.3. The molecular weight excluding hydrogens is 575 g/mol. The number of amides is 2. The summed E-state index contributed by atoms with van der Waals surface area (Å²) in [5.41, 5.74) is 7.00. The van der Waals surface area contributed by atoms with Gasteiger partial charge in [-0.15, -0.1) is 0 Å². The first-order valence-corrected chi connectivity index (χ1v) is 14.8. The van der Waals surface area contributed by atoms with Crippen molar-refractivity contribution in [3.05, 3.63) is 97.6 Å². The lowest BCUT2D eigenvalue weighted by Gasteiger charge is -2.25. The maximum Gasteiger partial charge on any atom is 0.262 e. The maximum atomic E-state index is 13.1. The number of nitrogens with two attached hydrogens (primary N) is 1. The monoisotopic (exact) mass is 606 g/mol. The number of anilines is 1. The number of H-pyrrole nitrogens is 1. The third-order valence-electron chi connectivity index (χ3n) is 7.61. The van der Waals surface area contributed by atoms with E-state index in [0.717, 1.165) is 31.2 Å². The summed E-state index contributed by atoms with van der Waals surface area (Å²) in [5, 5.41) is 6.78. The Morgan fingerprint density at radius 3 is 2.62 bits per heavy atom. The van der Waals surface area contributed by atoms with Crippen molar-refractivity contribution in [3.63, 3.8) is 0 Å². The molecule has 4 aromatic rings. The minimum absolute atomic E-state index is 0.124. The average molecular weight is 608 g/mol. The van der Waals surface area contributed by atoms with Gasteiger partial charge in [0.1, 0.15) is 17.0 Å². The van der Waals surface area contributed by atoms with Crippen molar-refractivity contribution in [2.45, 2.75) is 57.5 Å². The van der Waals surface area contributed by atoms with E-state index in [1.165, 1.54) is 31.0 Å². The molecule has 0 radical (unpaired) electrons. The topological polar surface area (TPSA) is 143 Å². The Kier molecular flexibility index (Phi) is 9.51. The van der Waals surface area contributed by atoms with Gasteiger partial charge in [0.2, 0.25) is 0 Å². The summed E-state index contributed by atoms with van der Waals surface area (Å²) in [6.07, 6.45) is 8.92. The molecule has 5 N–H and O–H groups in total. The number of aryl methyl sites for hydroxylation is 1. The van der Waals surface area contributed by atoms with E-state index in [9.17, 15) is 14.4 Å². The molecule has 2 aromatic carbocycles. The van der Waals surface area contributed by atoms with Crippen LogP contribution in [0, 0.1) is 5.92 Å². The second-order valence-electron chi connectivity index (χ2n) is 10.7. The number of nitrogens with zero attached hydrogens (tertiary/aromatic N) is 2. The third kappa shape index (κ3) is 7.53. The number of carbonyl (C=O) groups excluding carboxylic acids is 2. The van der Waals surface area contributed by atoms with Gasteiger partial charge in [-0.25, -0.2) is 9.97 Å². The predicted molar refractivity (Wildman–Crippen MR) is 165 cm³/mol. The Morgan fingerprint density at radius 1 is 1.02 bits per heavy atom. The fraction of sp³-hybridized carbons (Fsp3) is 0.323. The van der Waals surface area contributed by atoms with Gasteiger partial charge in [0.25, 0.3) is 17.4 Å². The van der Waals surface area contributed by atoms with Gasteiger partial charge in [0.15, 0.2) is 0 Å². The van der Waals surface area contributed by atoms with Crippen molar-refractivity contribution >= 4 is 51.7 Å². The summed E-state index contributed by atoms with van der Waals surface area (Å²) in [6.45, 7) is 0.273. The molecule has 2 amide bonds. The zero-order valence-electron chi connectivity index (χ0n) is 23.0. The molecule has 11 heteroatoms. The molecule has 9 nitrogen and oxygen atoms in total. The minimum Gasteiger partial charge on any atom is -0.348 e. The van der Waals surface area contributed by atoms with Crippen LogP contribution in [0.3, 0.4) is 0 Å². The molecule has 5 rings (SSSR count). The van der Waals surface area contributed by atoms with Crippen LogP contribution in [0.4, 0.5) is 5.69 Å². The molecule has 2 heterocycles. The van der Waals surface area contributed by atoms with E-state index in [0.29, 0.717) is 40.3 Å². The molecule has 0 atom stereocenters. The molecule has 0 unspecified atom stereocenters. The molecule has 1 aliphatic rings. The molecule has 2 aromatic heterocycles. The minimum atomic E-state index is -0.673. The van der Waals surface area contributed by atoms with Crippen molar-refractivity contribution in [2.24, 2.45) is 11.7 Å². The number of carbonyl (C=O) groups is 2. The summed E-state index contributed by atoms with van der Waals surface area (Å²) in [6, 6.07) is 13.5. The fourth-order valence-electron chi connectivity index (χ4n) is 5.23. The van der Waals surface area contributed by atoms with E-state index in [1.807, 2.05) is 6.07 Å². The van der Waals surface area contributed by atoms with Crippen LogP contribution in [0.1, 0.15) is 70.6 Å². The van der Waals surface area contributed by atoms with Crippen molar-refractivity contribution in [2.75, 3.05) is 5.32 Å².